The van der Waals surface area contributed by atoms with Gasteiger partial charge in [0, 0.05) is 9.92 Å². The summed E-state index contributed by atoms with van der Waals surface area (Å²) in [5, 5.41) is 4.66. The fourth-order valence-corrected chi connectivity index (χ4v) is 2.50. The van der Waals surface area contributed by atoms with Crippen LogP contribution >= 0.6 is 23.4 Å². The van der Waals surface area contributed by atoms with E-state index in [1.54, 1.807) is 11.8 Å². The van der Waals surface area contributed by atoms with Crippen LogP contribution in [0.15, 0.2) is 33.7 Å². The first kappa shape index (κ1) is 14.4. The molecule has 0 fully saturated rings. The summed E-state index contributed by atoms with van der Waals surface area (Å²) < 4.78 is 5.17. The van der Waals surface area contributed by atoms with Crippen molar-refractivity contribution in [3.05, 3.63) is 41.0 Å². The highest BCUT2D eigenvalue weighted by atomic mass is 35.5. The molecule has 6 heteroatoms. The third kappa shape index (κ3) is 3.96. The molecule has 1 heterocycles. The van der Waals surface area contributed by atoms with Crippen LogP contribution < -0.4 is 5.73 Å². The molecule has 0 radical (unpaired) electrons. The van der Waals surface area contributed by atoms with Crippen molar-refractivity contribution < 1.29 is 4.52 Å². The Bertz CT molecular complexity index is 544. The standard InChI is InChI=1S/C13H16ClN3OS/c1-8(2)12(15)13-16-11(17-18-13)7-19-10-5-3-4-9(14)6-10/h3-6,8,12H,7,15H2,1-2H3. The molecular weight excluding hydrogens is 282 g/mol. The van der Waals surface area contributed by atoms with Crippen molar-refractivity contribution in [1.29, 1.82) is 0 Å². The van der Waals surface area contributed by atoms with E-state index in [0.717, 1.165) is 9.92 Å². The second kappa shape index (κ2) is 6.41. The number of thioether (sulfide) groups is 1. The molecule has 2 aromatic rings. The lowest BCUT2D eigenvalue weighted by Gasteiger charge is -2.09. The molecule has 2 N–H and O–H groups in total. The van der Waals surface area contributed by atoms with Crippen molar-refractivity contribution in [2.75, 3.05) is 0 Å². The Hall–Kier alpha value is -1.04. The van der Waals surface area contributed by atoms with Crippen molar-refractivity contribution in [3.8, 4) is 0 Å². The number of hydrogen-bond acceptors (Lipinski definition) is 5. The molecule has 1 aromatic carbocycles. The van der Waals surface area contributed by atoms with Crippen LogP contribution in [0.2, 0.25) is 5.02 Å². The molecule has 0 spiro atoms. The van der Waals surface area contributed by atoms with Gasteiger partial charge in [-0.15, -0.1) is 11.8 Å². The largest absolute Gasteiger partial charge is 0.338 e. The molecule has 1 aromatic heterocycles. The predicted molar refractivity (Wildman–Crippen MR) is 77.1 cm³/mol. The quantitative estimate of drug-likeness (QED) is 0.853. The van der Waals surface area contributed by atoms with Gasteiger partial charge in [0.15, 0.2) is 5.82 Å². The minimum atomic E-state index is -0.211. The van der Waals surface area contributed by atoms with Gasteiger partial charge in [-0.2, -0.15) is 4.98 Å². The number of aromatic nitrogens is 2. The van der Waals surface area contributed by atoms with Crippen LogP contribution in [0.1, 0.15) is 31.6 Å². The Kier molecular flexibility index (Phi) is 4.85. The van der Waals surface area contributed by atoms with Gasteiger partial charge in [-0.3, -0.25) is 0 Å². The van der Waals surface area contributed by atoms with Gasteiger partial charge in [-0.25, -0.2) is 0 Å². The first-order chi connectivity index (χ1) is 9.06. The molecule has 19 heavy (non-hydrogen) atoms. The normalized spacial score (nSPS) is 12.9. The molecule has 0 aliphatic carbocycles. The first-order valence-electron chi connectivity index (χ1n) is 6.02. The number of benzene rings is 1. The summed E-state index contributed by atoms with van der Waals surface area (Å²) in [5.41, 5.74) is 5.96. The van der Waals surface area contributed by atoms with Gasteiger partial charge >= 0.3 is 0 Å². The highest BCUT2D eigenvalue weighted by molar-refractivity contribution is 7.98. The van der Waals surface area contributed by atoms with Crippen LogP contribution in [-0.4, -0.2) is 10.1 Å². The highest BCUT2D eigenvalue weighted by Crippen LogP contribution is 2.25. The Labute approximate surface area is 121 Å². The van der Waals surface area contributed by atoms with E-state index in [1.807, 2.05) is 38.1 Å². The molecular formula is C13H16ClN3OS. The summed E-state index contributed by atoms with van der Waals surface area (Å²) in [6.07, 6.45) is 0. The molecule has 0 bridgehead atoms. The molecule has 0 aliphatic rings. The third-order valence-electron chi connectivity index (χ3n) is 2.65. The van der Waals surface area contributed by atoms with Crippen molar-refractivity contribution in [1.82, 2.24) is 10.1 Å². The second-order valence-electron chi connectivity index (χ2n) is 4.56. The zero-order valence-electron chi connectivity index (χ0n) is 10.8. The Balaban J connectivity index is 1.97. The van der Waals surface area contributed by atoms with Gasteiger partial charge in [0.1, 0.15) is 0 Å². The predicted octanol–water partition coefficient (Wildman–Crippen LogP) is 3.67. The van der Waals surface area contributed by atoms with E-state index in [1.165, 1.54) is 0 Å². The number of nitrogens with two attached hydrogens (primary N) is 1. The van der Waals surface area contributed by atoms with E-state index < -0.39 is 0 Å². The first-order valence-corrected chi connectivity index (χ1v) is 7.39. The Morgan fingerprint density at radius 3 is 2.89 bits per heavy atom. The fourth-order valence-electron chi connectivity index (χ4n) is 1.45. The minimum absolute atomic E-state index is 0.211. The Morgan fingerprint density at radius 2 is 2.21 bits per heavy atom. The average molecular weight is 298 g/mol. The van der Waals surface area contributed by atoms with Crippen molar-refractivity contribution in [2.45, 2.75) is 30.5 Å². The van der Waals surface area contributed by atoms with Crippen LogP contribution in [0.25, 0.3) is 0 Å². The monoisotopic (exact) mass is 297 g/mol. The third-order valence-corrected chi connectivity index (χ3v) is 3.88. The van der Waals surface area contributed by atoms with E-state index in [2.05, 4.69) is 10.1 Å². The lowest BCUT2D eigenvalue weighted by Crippen LogP contribution is -2.17. The molecule has 0 aliphatic heterocycles. The van der Waals surface area contributed by atoms with Gasteiger partial charge in [-0.1, -0.05) is 36.7 Å². The summed E-state index contributed by atoms with van der Waals surface area (Å²) >= 11 is 7.54. The topological polar surface area (TPSA) is 64.9 Å². The van der Waals surface area contributed by atoms with E-state index in [-0.39, 0.29) is 12.0 Å². The smallest absolute Gasteiger partial charge is 0.243 e. The van der Waals surface area contributed by atoms with Crippen LogP contribution in [0.4, 0.5) is 0 Å². The number of halogens is 1. The number of hydrogen-bond donors (Lipinski definition) is 1. The van der Waals surface area contributed by atoms with Crippen LogP contribution in [-0.2, 0) is 5.75 Å². The molecule has 0 saturated heterocycles. The number of nitrogens with zero attached hydrogens (tertiary/aromatic N) is 2. The second-order valence-corrected chi connectivity index (χ2v) is 6.05. The van der Waals surface area contributed by atoms with Crippen molar-refractivity contribution in [2.24, 2.45) is 11.7 Å². The zero-order chi connectivity index (χ0) is 13.8. The van der Waals surface area contributed by atoms with Crippen LogP contribution in [0.3, 0.4) is 0 Å². The summed E-state index contributed by atoms with van der Waals surface area (Å²) in [7, 11) is 0. The summed E-state index contributed by atoms with van der Waals surface area (Å²) in [6, 6.07) is 7.46. The molecule has 1 unspecified atom stereocenters. The van der Waals surface area contributed by atoms with E-state index >= 15 is 0 Å². The van der Waals surface area contributed by atoms with Gasteiger partial charge in [0.25, 0.3) is 0 Å². The lowest BCUT2D eigenvalue weighted by atomic mass is 10.1. The zero-order valence-corrected chi connectivity index (χ0v) is 12.4. The lowest BCUT2D eigenvalue weighted by molar-refractivity contribution is 0.323. The summed E-state index contributed by atoms with van der Waals surface area (Å²) in [4.78, 5) is 5.39. The van der Waals surface area contributed by atoms with Crippen LogP contribution in [0, 0.1) is 5.92 Å². The van der Waals surface area contributed by atoms with Gasteiger partial charge in [0.05, 0.1) is 11.8 Å². The maximum absolute atomic E-state index is 5.96. The molecule has 1 atom stereocenters. The van der Waals surface area contributed by atoms with E-state index in [9.17, 15) is 0 Å². The SMILES string of the molecule is CC(C)C(N)c1nc(CSc2cccc(Cl)c2)no1. The molecule has 102 valence electrons. The summed E-state index contributed by atoms with van der Waals surface area (Å²) in [6.45, 7) is 4.05. The van der Waals surface area contributed by atoms with Crippen LogP contribution in [0.5, 0.6) is 0 Å². The van der Waals surface area contributed by atoms with Gasteiger partial charge < -0.3 is 10.3 Å². The molecule has 4 nitrogen and oxygen atoms in total. The van der Waals surface area contributed by atoms with Crippen molar-refractivity contribution in [3.63, 3.8) is 0 Å². The average Bonchev–Trinajstić information content (AvgIpc) is 2.84. The van der Waals surface area contributed by atoms with E-state index in [4.69, 9.17) is 21.9 Å². The minimum Gasteiger partial charge on any atom is -0.338 e. The van der Waals surface area contributed by atoms with Gasteiger partial charge in [0.2, 0.25) is 5.89 Å². The van der Waals surface area contributed by atoms with E-state index in [0.29, 0.717) is 17.5 Å². The number of rotatable bonds is 5. The summed E-state index contributed by atoms with van der Waals surface area (Å²) in [5.74, 6) is 2.05. The Morgan fingerprint density at radius 1 is 1.42 bits per heavy atom. The highest BCUT2D eigenvalue weighted by Gasteiger charge is 2.17. The van der Waals surface area contributed by atoms with Gasteiger partial charge in [-0.05, 0) is 24.1 Å². The molecule has 0 saturated carbocycles. The maximum atomic E-state index is 5.96. The fraction of sp³-hybridized carbons (Fsp3) is 0.385. The van der Waals surface area contributed by atoms with Crippen molar-refractivity contribution >= 4 is 23.4 Å². The molecule has 2 rings (SSSR count). The molecule has 0 amide bonds. The maximum Gasteiger partial charge on any atom is 0.243 e.